The van der Waals surface area contributed by atoms with E-state index in [1.807, 2.05) is 10.6 Å². The van der Waals surface area contributed by atoms with E-state index in [2.05, 4.69) is 13.8 Å². The fraction of sp³-hybridized carbons (Fsp3) is 0.357. The van der Waals surface area contributed by atoms with Gasteiger partial charge in [0.05, 0.1) is 11.6 Å². The molecule has 90 valence electrons. The molecular formula is C14H16FNO. The first-order chi connectivity index (χ1) is 8.13. The van der Waals surface area contributed by atoms with Crippen LogP contribution in [0, 0.1) is 11.7 Å². The largest absolute Gasteiger partial charge is 0.337 e. The Hall–Kier alpha value is -1.64. The Morgan fingerprint density at radius 1 is 1.35 bits per heavy atom. The Balaban J connectivity index is 2.47. The van der Waals surface area contributed by atoms with Crippen molar-refractivity contribution >= 4 is 17.2 Å². The summed E-state index contributed by atoms with van der Waals surface area (Å²) < 4.78 is 15.4. The second-order valence-corrected chi connectivity index (χ2v) is 4.73. The van der Waals surface area contributed by atoms with E-state index in [4.69, 9.17) is 0 Å². The summed E-state index contributed by atoms with van der Waals surface area (Å²) in [6, 6.07) is 6.46. The van der Waals surface area contributed by atoms with Gasteiger partial charge in [0.25, 0.3) is 0 Å². The highest BCUT2D eigenvalue weighted by molar-refractivity contribution is 5.82. The number of rotatable bonds is 4. The van der Waals surface area contributed by atoms with Crippen molar-refractivity contribution in [3.8, 4) is 0 Å². The van der Waals surface area contributed by atoms with E-state index < -0.39 is 0 Å². The summed E-state index contributed by atoms with van der Waals surface area (Å²) >= 11 is 0. The van der Waals surface area contributed by atoms with E-state index in [-0.39, 0.29) is 11.9 Å². The lowest BCUT2D eigenvalue weighted by molar-refractivity contribution is -0.110. The van der Waals surface area contributed by atoms with E-state index in [0.29, 0.717) is 11.3 Å². The minimum Gasteiger partial charge on any atom is -0.337 e. The summed E-state index contributed by atoms with van der Waals surface area (Å²) in [6.45, 7) is 4.14. The van der Waals surface area contributed by atoms with E-state index >= 15 is 0 Å². The van der Waals surface area contributed by atoms with Crippen LogP contribution in [0.25, 0.3) is 10.9 Å². The SMILES string of the molecule is CC(C)CC(C=O)n1ccc2c(F)cccc21. The molecule has 0 aliphatic heterocycles. The molecule has 0 amide bonds. The number of hydrogen-bond donors (Lipinski definition) is 0. The van der Waals surface area contributed by atoms with Crippen molar-refractivity contribution in [3.05, 3.63) is 36.3 Å². The predicted molar refractivity (Wildman–Crippen MR) is 66.5 cm³/mol. The number of carbonyl (C=O) groups is 1. The average molecular weight is 233 g/mol. The van der Waals surface area contributed by atoms with E-state index in [9.17, 15) is 9.18 Å². The van der Waals surface area contributed by atoms with Gasteiger partial charge in [-0.15, -0.1) is 0 Å². The quantitative estimate of drug-likeness (QED) is 0.740. The topological polar surface area (TPSA) is 22.0 Å². The van der Waals surface area contributed by atoms with E-state index in [1.165, 1.54) is 6.07 Å². The molecule has 0 fully saturated rings. The van der Waals surface area contributed by atoms with Gasteiger partial charge in [0.1, 0.15) is 12.1 Å². The van der Waals surface area contributed by atoms with Crippen LogP contribution in [-0.4, -0.2) is 10.9 Å². The van der Waals surface area contributed by atoms with Crippen LogP contribution in [0.1, 0.15) is 26.3 Å². The molecule has 17 heavy (non-hydrogen) atoms. The molecule has 0 N–H and O–H groups in total. The number of nitrogens with zero attached hydrogens (tertiary/aromatic N) is 1. The molecule has 1 aromatic heterocycles. The molecule has 0 bridgehead atoms. The monoisotopic (exact) mass is 233 g/mol. The van der Waals surface area contributed by atoms with Gasteiger partial charge in [-0.05, 0) is 30.5 Å². The van der Waals surface area contributed by atoms with Crippen molar-refractivity contribution in [2.24, 2.45) is 5.92 Å². The molecule has 0 saturated carbocycles. The van der Waals surface area contributed by atoms with Gasteiger partial charge in [0.15, 0.2) is 0 Å². The van der Waals surface area contributed by atoms with Crippen molar-refractivity contribution in [2.45, 2.75) is 26.3 Å². The smallest absolute Gasteiger partial charge is 0.142 e. The minimum atomic E-state index is -0.240. The van der Waals surface area contributed by atoms with Gasteiger partial charge in [-0.1, -0.05) is 19.9 Å². The molecule has 0 aliphatic rings. The summed E-state index contributed by atoms with van der Waals surface area (Å²) in [5, 5.41) is 0.572. The molecule has 1 heterocycles. The van der Waals surface area contributed by atoms with Gasteiger partial charge >= 0.3 is 0 Å². The summed E-state index contributed by atoms with van der Waals surface area (Å²) in [7, 11) is 0. The molecule has 2 aromatic rings. The molecule has 0 saturated heterocycles. The maximum absolute atomic E-state index is 13.5. The average Bonchev–Trinajstić information content (AvgIpc) is 2.71. The van der Waals surface area contributed by atoms with Gasteiger partial charge in [-0.2, -0.15) is 0 Å². The zero-order valence-electron chi connectivity index (χ0n) is 10.1. The lowest BCUT2D eigenvalue weighted by atomic mass is 10.0. The predicted octanol–water partition coefficient (Wildman–Crippen LogP) is 3.57. The van der Waals surface area contributed by atoms with Crippen LogP contribution in [0.4, 0.5) is 4.39 Å². The molecule has 0 aliphatic carbocycles. The Morgan fingerprint density at radius 3 is 2.76 bits per heavy atom. The summed E-state index contributed by atoms with van der Waals surface area (Å²) in [6.07, 6.45) is 3.49. The fourth-order valence-corrected chi connectivity index (χ4v) is 2.16. The zero-order chi connectivity index (χ0) is 12.4. The van der Waals surface area contributed by atoms with Crippen LogP contribution in [0.3, 0.4) is 0 Å². The lowest BCUT2D eigenvalue weighted by Gasteiger charge is -2.16. The van der Waals surface area contributed by atoms with Crippen LogP contribution >= 0.6 is 0 Å². The van der Waals surface area contributed by atoms with Crippen LogP contribution in [0.2, 0.25) is 0 Å². The Morgan fingerprint density at radius 2 is 2.12 bits per heavy atom. The van der Waals surface area contributed by atoms with E-state index in [1.54, 1.807) is 18.3 Å². The third kappa shape index (κ3) is 2.23. The second kappa shape index (κ2) is 4.70. The number of fused-ring (bicyclic) bond motifs is 1. The molecule has 2 nitrogen and oxygen atoms in total. The number of benzene rings is 1. The Labute approximate surface area is 100 Å². The molecule has 2 rings (SSSR count). The van der Waals surface area contributed by atoms with Crippen LogP contribution in [0.5, 0.6) is 0 Å². The van der Waals surface area contributed by atoms with Gasteiger partial charge in [0, 0.05) is 11.6 Å². The zero-order valence-corrected chi connectivity index (χ0v) is 10.1. The third-order valence-electron chi connectivity index (χ3n) is 2.94. The number of halogens is 1. The maximum Gasteiger partial charge on any atom is 0.142 e. The molecule has 0 spiro atoms. The Bertz CT molecular complexity index is 530. The van der Waals surface area contributed by atoms with Crippen molar-refractivity contribution < 1.29 is 9.18 Å². The van der Waals surface area contributed by atoms with Crippen LogP contribution in [0.15, 0.2) is 30.5 Å². The van der Waals surface area contributed by atoms with Crippen LogP contribution < -0.4 is 0 Å². The van der Waals surface area contributed by atoms with Gasteiger partial charge < -0.3 is 9.36 Å². The summed E-state index contributed by atoms with van der Waals surface area (Å²) in [5.74, 6) is 0.187. The Kier molecular flexibility index (Phi) is 3.27. The van der Waals surface area contributed by atoms with Gasteiger partial charge in [-0.25, -0.2) is 4.39 Å². The molecular weight excluding hydrogens is 217 g/mol. The first kappa shape index (κ1) is 11.8. The molecule has 1 atom stereocenters. The first-order valence-electron chi connectivity index (χ1n) is 5.84. The van der Waals surface area contributed by atoms with Gasteiger partial charge in [0.2, 0.25) is 0 Å². The van der Waals surface area contributed by atoms with Crippen molar-refractivity contribution in [1.82, 2.24) is 4.57 Å². The highest BCUT2D eigenvalue weighted by Crippen LogP contribution is 2.25. The first-order valence-corrected chi connectivity index (χ1v) is 5.84. The highest BCUT2D eigenvalue weighted by Gasteiger charge is 2.14. The molecule has 1 aromatic carbocycles. The number of hydrogen-bond acceptors (Lipinski definition) is 1. The normalized spacial score (nSPS) is 13.2. The standard InChI is InChI=1S/C14H16FNO/c1-10(2)8-11(9-17)16-7-6-12-13(15)4-3-5-14(12)16/h3-7,9-11H,8H2,1-2H3. The highest BCUT2D eigenvalue weighted by atomic mass is 19.1. The summed E-state index contributed by atoms with van der Waals surface area (Å²) in [5.41, 5.74) is 0.780. The van der Waals surface area contributed by atoms with E-state index in [0.717, 1.165) is 18.2 Å². The lowest BCUT2D eigenvalue weighted by Crippen LogP contribution is -2.11. The van der Waals surface area contributed by atoms with Crippen molar-refractivity contribution in [2.75, 3.05) is 0 Å². The van der Waals surface area contributed by atoms with Gasteiger partial charge in [-0.3, -0.25) is 0 Å². The third-order valence-corrected chi connectivity index (χ3v) is 2.94. The van der Waals surface area contributed by atoms with Crippen molar-refractivity contribution in [3.63, 3.8) is 0 Å². The number of aromatic nitrogens is 1. The fourth-order valence-electron chi connectivity index (χ4n) is 2.16. The maximum atomic E-state index is 13.5. The van der Waals surface area contributed by atoms with Crippen LogP contribution in [-0.2, 0) is 4.79 Å². The minimum absolute atomic E-state index is 0.214. The number of carbonyl (C=O) groups excluding carboxylic acids is 1. The van der Waals surface area contributed by atoms with Crippen molar-refractivity contribution in [1.29, 1.82) is 0 Å². The molecule has 0 radical (unpaired) electrons. The molecule has 1 unspecified atom stereocenters. The molecule has 3 heteroatoms. The second-order valence-electron chi connectivity index (χ2n) is 4.73. The number of aldehydes is 1. The summed E-state index contributed by atoms with van der Waals surface area (Å²) in [4.78, 5) is 11.2.